The van der Waals surface area contributed by atoms with Crippen LogP contribution in [0.15, 0.2) is 12.2 Å². The summed E-state index contributed by atoms with van der Waals surface area (Å²) in [6.45, 7) is 5.29. The first kappa shape index (κ1) is 16.0. The summed E-state index contributed by atoms with van der Waals surface area (Å²) in [5, 5.41) is 0. The van der Waals surface area contributed by atoms with Gasteiger partial charge >= 0.3 is 0 Å². The highest BCUT2D eigenvalue weighted by Crippen LogP contribution is 2.28. The van der Waals surface area contributed by atoms with Gasteiger partial charge in [-0.3, -0.25) is 9.69 Å². The summed E-state index contributed by atoms with van der Waals surface area (Å²) >= 11 is 0. The molecule has 0 unspecified atom stereocenters. The minimum Gasteiger partial charge on any atom is -0.340 e. The van der Waals surface area contributed by atoms with Crippen LogP contribution in [0, 0.1) is 11.8 Å². The summed E-state index contributed by atoms with van der Waals surface area (Å²) in [5.74, 6) is 2.09. The summed E-state index contributed by atoms with van der Waals surface area (Å²) in [6.07, 6.45) is 15.9. The van der Waals surface area contributed by atoms with E-state index in [0.717, 1.165) is 50.9 Å². The van der Waals surface area contributed by atoms with Crippen LogP contribution in [-0.2, 0) is 4.79 Å². The standard InChI is InChI=1S/C19H32N2O/c22-19(11-10-17-6-4-5-7-17)21-14-12-20(13-15-21)16-18-8-2-1-3-9-18/h1-2,17-18H,3-16H2/t18-/m1/s1. The quantitative estimate of drug-likeness (QED) is 0.726. The molecule has 0 radical (unpaired) electrons. The Labute approximate surface area is 135 Å². The third kappa shape index (κ3) is 4.58. The van der Waals surface area contributed by atoms with Crippen molar-refractivity contribution in [1.82, 2.24) is 9.80 Å². The van der Waals surface area contributed by atoms with E-state index in [0.29, 0.717) is 5.91 Å². The van der Waals surface area contributed by atoms with E-state index in [-0.39, 0.29) is 0 Å². The topological polar surface area (TPSA) is 23.6 Å². The largest absolute Gasteiger partial charge is 0.340 e. The van der Waals surface area contributed by atoms with Crippen molar-refractivity contribution >= 4 is 5.91 Å². The number of piperazine rings is 1. The molecule has 3 nitrogen and oxygen atoms in total. The van der Waals surface area contributed by atoms with Crippen LogP contribution >= 0.6 is 0 Å². The average Bonchev–Trinajstić information content (AvgIpc) is 3.08. The van der Waals surface area contributed by atoms with Gasteiger partial charge in [0, 0.05) is 39.1 Å². The smallest absolute Gasteiger partial charge is 0.222 e. The number of hydrogen-bond acceptors (Lipinski definition) is 2. The molecule has 0 aromatic heterocycles. The van der Waals surface area contributed by atoms with Crippen LogP contribution in [0.1, 0.15) is 57.8 Å². The number of carbonyl (C=O) groups excluding carboxylic acids is 1. The van der Waals surface area contributed by atoms with Gasteiger partial charge in [0.1, 0.15) is 0 Å². The van der Waals surface area contributed by atoms with Gasteiger partial charge in [0.15, 0.2) is 0 Å². The Kier molecular flexibility index (Phi) is 5.94. The predicted molar refractivity (Wildman–Crippen MR) is 90.7 cm³/mol. The fourth-order valence-corrected chi connectivity index (χ4v) is 4.35. The molecule has 1 atom stereocenters. The molecular weight excluding hydrogens is 272 g/mol. The molecule has 2 aliphatic carbocycles. The molecule has 1 aliphatic heterocycles. The average molecular weight is 304 g/mol. The zero-order chi connectivity index (χ0) is 15.2. The highest BCUT2D eigenvalue weighted by molar-refractivity contribution is 5.76. The Hall–Kier alpha value is -0.830. The van der Waals surface area contributed by atoms with Gasteiger partial charge in [0.2, 0.25) is 5.91 Å². The summed E-state index contributed by atoms with van der Waals surface area (Å²) in [5.41, 5.74) is 0. The van der Waals surface area contributed by atoms with E-state index < -0.39 is 0 Å². The molecule has 0 aromatic rings. The van der Waals surface area contributed by atoms with Crippen molar-refractivity contribution in [3.8, 4) is 0 Å². The van der Waals surface area contributed by atoms with E-state index in [9.17, 15) is 4.79 Å². The Balaban J connectivity index is 1.33. The van der Waals surface area contributed by atoms with Crippen LogP contribution in [0.5, 0.6) is 0 Å². The summed E-state index contributed by atoms with van der Waals surface area (Å²) in [7, 11) is 0. The minimum absolute atomic E-state index is 0.409. The third-order valence-corrected chi connectivity index (χ3v) is 5.86. The first-order valence-corrected chi connectivity index (χ1v) is 9.46. The lowest BCUT2D eigenvalue weighted by Gasteiger charge is -2.37. The van der Waals surface area contributed by atoms with Gasteiger partial charge in [0.25, 0.3) is 0 Å². The fourth-order valence-electron chi connectivity index (χ4n) is 4.35. The van der Waals surface area contributed by atoms with Crippen molar-refractivity contribution in [3.05, 3.63) is 12.2 Å². The summed E-state index contributed by atoms with van der Waals surface area (Å²) in [6, 6.07) is 0. The van der Waals surface area contributed by atoms with Gasteiger partial charge in [-0.05, 0) is 37.5 Å². The first-order chi connectivity index (χ1) is 10.8. The molecule has 0 aromatic carbocycles. The van der Waals surface area contributed by atoms with Gasteiger partial charge in [-0.1, -0.05) is 37.8 Å². The molecule has 3 aliphatic rings. The van der Waals surface area contributed by atoms with Crippen molar-refractivity contribution in [2.24, 2.45) is 11.8 Å². The molecule has 2 fully saturated rings. The number of amides is 1. The molecule has 22 heavy (non-hydrogen) atoms. The molecule has 0 N–H and O–H groups in total. The van der Waals surface area contributed by atoms with Crippen molar-refractivity contribution < 1.29 is 4.79 Å². The molecule has 0 spiro atoms. The van der Waals surface area contributed by atoms with E-state index in [2.05, 4.69) is 22.0 Å². The van der Waals surface area contributed by atoms with Crippen molar-refractivity contribution in [1.29, 1.82) is 0 Å². The Morgan fingerprint density at radius 2 is 1.73 bits per heavy atom. The van der Waals surface area contributed by atoms with Crippen LogP contribution in [0.4, 0.5) is 0 Å². The lowest BCUT2D eigenvalue weighted by molar-refractivity contribution is -0.133. The van der Waals surface area contributed by atoms with Gasteiger partial charge in [-0.15, -0.1) is 0 Å². The number of hydrogen-bond donors (Lipinski definition) is 0. The maximum Gasteiger partial charge on any atom is 0.222 e. The van der Waals surface area contributed by atoms with Gasteiger partial charge in [-0.2, -0.15) is 0 Å². The Morgan fingerprint density at radius 3 is 2.41 bits per heavy atom. The zero-order valence-corrected chi connectivity index (χ0v) is 14.0. The van der Waals surface area contributed by atoms with Gasteiger partial charge < -0.3 is 4.90 Å². The highest BCUT2D eigenvalue weighted by atomic mass is 16.2. The maximum atomic E-state index is 12.3. The molecule has 3 heteroatoms. The second-order valence-corrected chi connectivity index (χ2v) is 7.52. The van der Waals surface area contributed by atoms with E-state index in [1.165, 1.54) is 51.5 Å². The second kappa shape index (κ2) is 8.14. The van der Waals surface area contributed by atoms with Crippen LogP contribution in [0.3, 0.4) is 0 Å². The predicted octanol–water partition coefficient (Wildman–Crippen LogP) is 3.46. The van der Waals surface area contributed by atoms with E-state index in [4.69, 9.17) is 0 Å². The SMILES string of the molecule is O=C(CCC1CCCC1)N1CCN(C[C@@H]2CC=CCC2)CC1. The number of carbonyl (C=O) groups is 1. The zero-order valence-electron chi connectivity index (χ0n) is 14.0. The molecule has 124 valence electrons. The maximum absolute atomic E-state index is 12.3. The van der Waals surface area contributed by atoms with Crippen LogP contribution in [-0.4, -0.2) is 48.4 Å². The fraction of sp³-hybridized carbons (Fsp3) is 0.842. The van der Waals surface area contributed by atoms with Crippen LogP contribution < -0.4 is 0 Å². The van der Waals surface area contributed by atoms with Crippen molar-refractivity contribution in [2.75, 3.05) is 32.7 Å². The first-order valence-electron chi connectivity index (χ1n) is 9.46. The molecule has 1 amide bonds. The highest BCUT2D eigenvalue weighted by Gasteiger charge is 2.24. The van der Waals surface area contributed by atoms with E-state index in [1.54, 1.807) is 0 Å². The number of allylic oxidation sites excluding steroid dienone is 2. The van der Waals surface area contributed by atoms with E-state index >= 15 is 0 Å². The minimum atomic E-state index is 0.409. The summed E-state index contributed by atoms with van der Waals surface area (Å²) < 4.78 is 0. The molecule has 1 saturated heterocycles. The molecule has 3 rings (SSSR count). The monoisotopic (exact) mass is 304 g/mol. The second-order valence-electron chi connectivity index (χ2n) is 7.52. The Morgan fingerprint density at radius 1 is 0.955 bits per heavy atom. The Bertz CT molecular complexity index is 379. The lowest BCUT2D eigenvalue weighted by atomic mass is 9.94. The number of rotatable bonds is 5. The molecule has 1 heterocycles. The third-order valence-electron chi connectivity index (χ3n) is 5.86. The normalized spacial score (nSPS) is 27.5. The molecule has 1 saturated carbocycles. The molecular formula is C19H32N2O. The van der Waals surface area contributed by atoms with Crippen molar-refractivity contribution in [2.45, 2.75) is 57.8 Å². The van der Waals surface area contributed by atoms with Crippen molar-refractivity contribution in [3.63, 3.8) is 0 Å². The van der Waals surface area contributed by atoms with Crippen LogP contribution in [0.25, 0.3) is 0 Å². The lowest BCUT2D eigenvalue weighted by Crippen LogP contribution is -2.49. The molecule has 0 bridgehead atoms. The van der Waals surface area contributed by atoms with Gasteiger partial charge in [0.05, 0.1) is 0 Å². The summed E-state index contributed by atoms with van der Waals surface area (Å²) in [4.78, 5) is 17.0. The van der Waals surface area contributed by atoms with Gasteiger partial charge in [-0.25, -0.2) is 0 Å². The van der Waals surface area contributed by atoms with E-state index in [1.807, 2.05) is 0 Å². The number of nitrogens with zero attached hydrogens (tertiary/aromatic N) is 2. The van der Waals surface area contributed by atoms with Crippen LogP contribution in [0.2, 0.25) is 0 Å².